The average molecular weight is 326 g/mol. The number of rotatable bonds is 3. The van der Waals surface area contributed by atoms with Crippen molar-refractivity contribution < 1.29 is 5.11 Å². The standard InChI is InChI=1S/C14H16BrNOS/c1-8-4-5-12(9(2)13(8)17)16-10(3)14-11(15)6-7-18-14/h4-7,10,16-17H,1-3H3. The van der Waals surface area contributed by atoms with Gasteiger partial charge in [-0.1, -0.05) is 6.07 Å². The van der Waals surface area contributed by atoms with E-state index >= 15 is 0 Å². The van der Waals surface area contributed by atoms with Crippen molar-refractivity contribution >= 4 is 33.0 Å². The molecule has 0 bridgehead atoms. The van der Waals surface area contributed by atoms with E-state index in [4.69, 9.17) is 0 Å². The molecule has 18 heavy (non-hydrogen) atoms. The fraction of sp³-hybridized carbons (Fsp3) is 0.286. The van der Waals surface area contributed by atoms with Crippen molar-refractivity contribution in [2.75, 3.05) is 5.32 Å². The van der Waals surface area contributed by atoms with Gasteiger partial charge in [0.05, 0.1) is 6.04 Å². The van der Waals surface area contributed by atoms with E-state index in [-0.39, 0.29) is 6.04 Å². The molecule has 1 aromatic carbocycles. The van der Waals surface area contributed by atoms with Gasteiger partial charge in [-0.2, -0.15) is 0 Å². The van der Waals surface area contributed by atoms with Crippen molar-refractivity contribution in [2.45, 2.75) is 26.8 Å². The van der Waals surface area contributed by atoms with E-state index in [1.54, 1.807) is 11.3 Å². The van der Waals surface area contributed by atoms with E-state index < -0.39 is 0 Å². The van der Waals surface area contributed by atoms with Crippen LogP contribution in [0.5, 0.6) is 5.75 Å². The third-order valence-electron chi connectivity index (χ3n) is 3.04. The molecule has 2 aromatic rings. The summed E-state index contributed by atoms with van der Waals surface area (Å²) >= 11 is 5.26. The van der Waals surface area contributed by atoms with Crippen LogP contribution >= 0.6 is 27.3 Å². The summed E-state index contributed by atoms with van der Waals surface area (Å²) in [7, 11) is 0. The number of benzene rings is 1. The Morgan fingerprint density at radius 1 is 1.28 bits per heavy atom. The van der Waals surface area contributed by atoms with E-state index in [2.05, 4.69) is 39.6 Å². The summed E-state index contributed by atoms with van der Waals surface area (Å²) in [6.07, 6.45) is 0. The lowest BCUT2D eigenvalue weighted by molar-refractivity contribution is 0.467. The molecule has 96 valence electrons. The van der Waals surface area contributed by atoms with Crippen molar-refractivity contribution in [3.63, 3.8) is 0 Å². The van der Waals surface area contributed by atoms with Crippen LogP contribution in [0.4, 0.5) is 5.69 Å². The number of hydrogen-bond acceptors (Lipinski definition) is 3. The Morgan fingerprint density at radius 3 is 2.61 bits per heavy atom. The highest BCUT2D eigenvalue weighted by Gasteiger charge is 2.13. The highest BCUT2D eigenvalue weighted by atomic mass is 79.9. The summed E-state index contributed by atoms with van der Waals surface area (Å²) < 4.78 is 1.13. The summed E-state index contributed by atoms with van der Waals surface area (Å²) in [6, 6.07) is 6.21. The molecule has 2 nitrogen and oxygen atoms in total. The number of thiophene rings is 1. The predicted octanol–water partition coefficient (Wildman–Crippen LogP) is 5.01. The maximum atomic E-state index is 9.94. The first-order valence-corrected chi connectivity index (χ1v) is 7.46. The summed E-state index contributed by atoms with van der Waals surface area (Å²) in [5.41, 5.74) is 2.78. The van der Waals surface area contributed by atoms with Crippen molar-refractivity contribution in [3.05, 3.63) is 44.1 Å². The maximum Gasteiger partial charge on any atom is 0.123 e. The molecule has 0 saturated carbocycles. The Kier molecular flexibility index (Phi) is 3.97. The third kappa shape index (κ3) is 2.54. The molecule has 0 amide bonds. The van der Waals surface area contributed by atoms with Crippen LogP contribution in [0, 0.1) is 13.8 Å². The van der Waals surface area contributed by atoms with Crippen molar-refractivity contribution in [1.82, 2.24) is 0 Å². The molecule has 0 aliphatic rings. The van der Waals surface area contributed by atoms with Gasteiger partial charge in [-0.05, 0) is 59.8 Å². The number of halogens is 1. The number of phenols is 1. The second-order valence-electron chi connectivity index (χ2n) is 4.40. The number of nitrogens with one attached hydrogen (secondary N) is 1. The zero-order valence-corrected chi connectivity index (χ0v) is 13.0. The monoisotopic (exact) mass is 325 g/mol. The second kappa shape index (κ2) is 5.33. The minimum atomic E-state index is 0.209. The van der Waals surface area contributed by atoms with Crippen LogP contribution in [0.3, 0.4) is 0 Å². The molecule has 0 radical (unpaired) electrons. The minimum Gasteiger partial charge on any atom is -0.507 e. The van der Waals surface area contributed by atoms with Crippen molar-refractivity contribution in [2.24, 2.45) is 0 Å². The Labute approximate surface area is 120 Å². The molecule has 2 N–H and O–H groups in total. The predicted molar refractivity (Wildman–Crippen MR) is 81.6 cm³/mol. The first kappa shape index (κ1) is 13.4. The van der Waals surface area contributed by atoms with E-state index in [0.717, 1.165) is 21.3 Å². The first-order chi connectivity index (χ1) is 8.50. The molecule has 1 unspecified atom stereocenters. The fourth-order valence-corrected chi connectivity index (χ4v) is 3.63. The summed E-state index contributed by atoms with van der Waals surface area (Å²) in [5, 5.41) is 15.4. The molecular formula is C14H16BrNOS. The second-order valence-corrected chi connectivity index (χ2v) is 6.20. The molecule has 0 spiro atoms. The van der Waals surface area contributed by atoms with Gasteiger partial charge in [0.2, 0.25) is 0 Å². The van der Waals surface area contributed by atoms with E-state index in [0.29, 0.717) is 5.75 Å². The van der Waals surface area contributed by atoms with Gasteiger partial charge in [0, 0.05) is 20.6 Å². The Morgan fingerprint density at radius 2 is 2.00 bits per heavy atom. The summed E-state index contributed by atoms with van der Waals surface area (Å²) in [5.74, 6) is 0.373. The van der Waals surface area contributed by atoms with Crippen LogP contribution < -0.4 is 5.32 Å². The molecule has 1 aromatic heterocycles. The molecule has 0 aliphatic heterocycles. The van der Waals surface area contributed by atoms with Gasteiger partial charge < -0.3 is 10.4 Å². The number of aromatic hydroxyl groups is 1. The smallest absolute Gasteiger partial charge is 0.123 e. The van der Waals surface area contributed by atoms with Crippen molar-refractivity contribution in [1.29, 1.82) is 0 Å². The first-order valence-electron chi connectivity index (χ1n) is 5.79. The molecule has 0 aliphatic carbocycles. The molecule has 0 saturated heterocycles. The Balaban J connectivity index is 2.25. The van der Waals surface area contributed by atoms with Gasteiger partial charge in [0.15, 0.2) is 0 Å². The van der Waals surface area contributed by atoms with Gasteiger partial charge in [0.1, 0.15) is 5.75 Å². The Hall–Kier alpha value is -1.00. The van der Waals surface area contributed by atoms with Crippen LogP contribution in [0.25, 0.3) is 0 Å². The number of phenolic OH excluding ortho intramolecular Hbond substituents is 1. The molecule has 1 heterocycles. The number of aryl methyl sites for hydroxylation is 1. The lowest BCUT2D eigenvalue weighted by Crippen LogP contribution is -2.06. The van der Waals surface area contributed by atoms with Crippen LogP contribution in [0.15, 0.2) is 28.1 Å². The number of hydrogen-bond donors (Lipinski definition) is 2. The van der Waals surface area contributed by atoms with Gasteiger partial charge >= 0.3 is 0 Å². The molecule has 4 heteroatoms. The summed E-state index contributed by atoms with van der Waals surface area (Å²) in [4.78, 5) is 1.26. The lowest BCUT2D eigenvalue weighted by atomic mass is 10.1. The van der Waals surface area contributed by atoms with Gasteiger partial charge in [-0.25, -0.2) is 0 Å². The van der Waals surface area contributed by atoms with Gasteiger partial charge in [0.25, 0.3) is 0 Å². The van der Waals surface area contributed by atoms with Crippen LogP contribution in [0.2, 0.25) is 0 Å². The van der Waals surface area contributed by atoms with Crippen LogP contribution in [-0.2, 0) is 0 Å². The Bertz CT molecular complexity index is 565. The average Bonchev–Trinajstić information content (AvgIpc) is 2.76. The van der Waals surface area contributed by atoms with E-state index in [9.17, 15) is 5.11 Å². The largest absolute Gasteiger partial charge is 0.507 e. The summed E-state index contributed by atoms with van der Waals surface area (Å²) in [6.45, 7) is 5.96. The molecule has 0 fully saturated rings. The van der Waals surface area contributed by atoms with Crippen molar-refractivity contribution in [3.8, 4) is 5.75 Å². The third-order valence-corrected chi connectivity index (χ3v) is 5.10. The van der Waals surface area contributed by atoms with Gasteiger partial charge in [-0.15, -0.1) is 11.3 Å². The van der Waals surface area contributed by atoms with E-state index in [1.807, 2.05) is 26.0 Å². The molecular weight excluding hydrogens is 310 g/mol. The maximum absolute atomic E-state index is 9.94. The highest BCUT2D eigenvalue weighted by Crippen LogP contribution is 2.34. The fourth-order valence-electron chi connectivity index (χ4n) is 1.91. The topological polar surface area (TPSA) is 32.3 Å². The molecule has 2 rings (SSSR count). The highest BCUT2D eigenvalue weighted by molar-refractivity contribution is 9.10. The lowest BCUT2D eigenvalue weighted by Gasteiger charge is -2.17. The van der Waals surface area contributed by atoms with Crippen LogP contribution in [0.1, 0.15) is 29.0 Å². The van der Waals surface area contributed by atoms with Gasteiger partial charge in [-0.3, -0.25) is 0 Å². The normalized spacial score (nSPS) is 12.4. The minimum absolute atomic E-state index is 0.209. The zero-order valence-electron chi connectivity index (χ0n) is 10.6. The molecule has 1 atom stereocenters. The number of anilines is 1. The van der Waals surface area contributed by atoms with E-state index in [1.165, 1.54) is 4.88 Å². The zero-order chi connectivity index (χ0) is 13.3. The van der Waals surface area contributed by atoms with Crippen LogP contribution in [-0.4, -0.2) is 5.11 Å². The SMILES string of the molecule is Cc1ccc(NC(C)c2sccc2Br)c(C)c1O. The quantitative estimate of drug-likeness (QED) is 0.831.